The van der Waals surface area contributed by atoms with E-state index in [1.807, 2.05) is 66.7 Å². The third kappa shape index (κ3) is 4.96. The van der Waals surface area contributed by atoms with Crippen molar-refractivity contribution in [3.05, 3.63) is 83.4 Å². The highest BCUT2D eigenvalue weighted by Gasteiger charge is 2.15. The number of hydrogen-bond acceptors (Lipinski definition) is 5. The van der Waals surface area contributed by atoms with E-state index >= 15 is 0 Å². The van der Waals surface area contributed by atoms with Crippen molar-refractivity contribution >= 4 is 0 Å². The third-order valence-electron chi connectivity index (χ3n) is 4.32. The maximum atomic E-state index is 6.07. The minimum absolute atomic E-state index is 0.383. The molecule has 0 aliphatic carbocycles. The molecule has 0 atom stereocenters. The Morgan fingerprint density at radius 1 is 0.679 bits per heavy atom. The Balaban J connectivity index is 1.81. The lowest BCUT2D eigenvalue weighted by Crippen LogP contribution is -2.05. The van der Waals surface area contributed by atoms with Crippen LogP contribution in [0.15, 0.2) is 66.7 Å². The predicted molar refractivity (Wildman–Crippen MR) is 109 cm³/mol. The van der Waals surface area contributed by atoms with E-state index in [-0.39, 0.29) is 0 Å². The number of hydrogen-bond donors (Lipinski definition) is 1. The molecule has 2 N–H and O–H groups in total. The molecule has 5 heteroatoms. The summed E-state index contributed by atoms with van der Waals surface area (Å²) in [5.74, 6) is 2.58. The average molecular weight is 379 g/mol. The molecule has 3 rings (SSSR count). The first-order valence-corrected chi connectivity index (χ1v) is 9.07. The Kier molecular flexibility index (Phi) is 6.76. The first-order chi connectivity index (χ1) is 13.7. The average Bonchev–Trinajstić information content (AvgIpc) is 2.77. The fraction of sp³-hybridized carbons (Fsp3) is 0.217. The summed E-state index contributed by atoms with van der Waals surface area (Å²) in [6, 6.07) is 21.5. The van der Waals surface area contributed by atoms with Gasteiger partial charge in [-0.05, 0) is 41.0 Å². The molecule has 5 nitrogen and oxygen atoms in total. The summed E-state index contributed by atoms with van der Waals surface area (Å²) < 4.78 is 22.8. The van der Waals surface area contributed by atoms with E-state index in [9.17, 15) is 0 Å². The van der Waals surface area contributed by atoms with Crippen LogP contribution in [0.25, 0.3) is 0 Å². The molecule has 0 unspecified atom stereocenters. The molecule has 0 bridgehead atoms. The summed E-state index contributed by atoms with van der Waals surface area (Å²) in [6.45, 7) is 1.19. The molecule has 0 fully saturated rings. The number of methoxy groups -OCH3 is 2. The van der Waals surface area contributed by atoms with Crippen LogP contribution >= 0.6 is 0 Å². The summed E-state index contributed by atoms with van der Waals surface area (Å²) in [7, 11) is 3.25. The topological polar surface area (TPSA) is 62.9 Å². The van der Waals surface area contributed by atoms with Gasteiger partial charge >= 0.3 is 0 Å². The third-order valence-corrected chi connectivity index (χ3v) is 4.32. The highest BCUT2D eigenvalue weighted by atomic mass is 16.5. The van der Waals surface area contributed by atoms with E-state index in [0.29, 0.717) is 37.0 Å². The van der Waals surface area contributed by atoms with Gasteiger partial charge in [-0.25, -0.2) is 0 Å². The Hall–Kier alpha value is -3.18. The van der Waals surface area contributed by atoms with Crippen LogP contribution in [0.2, 0.25) is 0 Å². The monoisotopic (exact) mass is 379 g/mol. The van der Waals surface area contributed by atoms with Crippen LogP contribution in [-0.2, 0) is 19.8 Å². The predicted octanol–water partition coefficient (Wildman–Crippen LogP) is 4.32. The second kappa shape index (κ2) is 9.67. The molecule has 0 saturated carbocycles. The van der Waals surface area contributed by atoms with Gasteiger partial charge in [-0.15, -0.1) is 0 Å². The highest BCUT2D eigenvalue weighted by Crippen LogP contribution is 2.39. The quantitative estimate of drug-likeness (QED) is 0.600. The summed E-state index contributed by atoms with van der Waals surface area (Å²) in [5, 5.41) is 0. The van der Waals surface area contributed by atoms with Crippen molar-refractivity contribution < 1.29 is 18.9 Å². The van der Waals surface area contributed by atoms with Crippen LogP contribution in [-0.4, -0.2) is 14.2 Å². The molecule has 0 radical (unpaired) electrons. The van der Waals surface area contributed by atoms with Crippen molar-refractivity contribution in [2.24, 2.45) is 5.73 Å². The zero-order valence-corrected chi connectivity index (χ0v) is 16.2. The largest absolute Gasteiger partial charge is 0.497 e. The minimum Gasteiger partial charge on any atom is -0.497 e. The SMILES string of the molecule is COc1ccc(COc2cc(CN)cc(OC)c2OCc2ccccc2)cc1. The molecule has 0 aliphatic rings. The van der Waals surface area contributed by atoms with Crippen molar-refractivity contribution in [3.63, 3.8) is 0 Å². The molecule has 28 heavy (non-hydrogen) atoms. The molecule has 0 spiro atoms. The highest BCUT2D eigenvalue weighted by molar-refractivity contribution is 5.54. The van der Waals surface area contributed by atoms with Crippen LogP contribution in [0, 0.1) is 0 Å². The molecule has 0 heterocycles. The van der Waals surface area contributed by atoms with E-state index in [0.717, 1.165) is 22.4 Å². The summed E-state index contributed by atoms with van der Waals surface area (Å²) in [4.78, 5) is 0. The van der Waals surface area contributed by atoms with Crippen molar-refractivity contribution in [2.45, 2.75) is 19.8 Å². The van der Waals surface area contributed by atoms with Gasteiger partial charge in [0.2, 0.25) is 5.75 Å². The van der Waals surface area contributed by atoms with Crippen molar-refractivity contribution in [1.82, 2.24) is 0 Å². The summed E-state index contributed by atoms with van der Waals surface area (Å²) in [5.41, 5.74) is 8.83. The van der Waals surface area contributed by atoms with E-state index in [4.69, 9.17) is 24.7 Å². The molecular formula is C23H25NO4. The zero-order valence-electron chi connectivity index (χ0n) is 16.2. The minimum atomic E-state index is 0.383. The fourth-order valence-corrected chi connectivity index (χ4v) is 2.76. The van der Waals surface area contributed by atoms with Crippen LogP contribution in [0.4, 0.5) is 0 Å². The van der Waals surface area contributed by atoms with Gasteiger partial charge in [-0.3, -0.25) is 0 Å². The lowest BCUT2D eigenvalue weighted by molar-refractivity contribution is 0.243. The van der Waals surface area contributed by atoms with Gasteiger partial charge in [0.25, 0.3) is 0 Å². The number of rotatable bonds is 9. The molecular weight excluding hydrogens is 354 g/mol. The normalized spacial score (nSPS) is 10.4. The van der Waals surface area contributed by atoms with Crippen LogP contribution in [0.1, 0.15) is 16.7 Å². The number of ether oxygens (including phenoxy) is 4. The lowest BCUT2D eigenvalue weighted by Gasteiger charge is -2.17. The van der Waals surface area contributed by atoms with Gasteiger partial charge in [0.1, 0.15) is 19.0 Å². The Bertz CT molecular complexity index is 879. The molecule has 146 valence electrons. The van der Waals surface area contributed by atoms with Gasteiger partial charge in [-0.1, -0.05) is 42.5 Å². The molecule has 3 aromatic rings. The fourth-order valence-electron chi connectivity index (χ4n) is 2.76. The van der Waals surface area contributed by atoms with Crippen LogP contribution in [0.5, 0.6) is 23.0 Å². The number of benzene rings is 3. The summed E-state index contributed by atoms with van der Waals surface area (Å²) >= 11 is 0. The van der Waals surface area contributed by atoms with Gasteiger partial charge in [0.15, 0.2) is 11.5 Å². The second-order valence-corrected chi connectivity index (χ2v) is 6.24. The van der Waals surface area contributed by atoms with E-state index in [1.165, 1.54) is 0 Å². The molecule has 0 aliphatic heterocycles. The number of nitrogens with two attached hydrogens (primary N) is 1. The second-order valence-electron chi connectivity index (χ2n) is 6.24. The molecule has 0 saturated heterocycles. The Morgan fingerprint density at radius 2 is 1.32 bits per heavy atom. The lowest BCUT2D eigenvalue weighted by atomic mass is 10.1. The zero-order chi connectivity index (χ0) is 19.8. The van der Waals surface area contributed by atoms with Crippen LogP contribution in [0.3, 0.4) is 0 Å². The van der Waals surface area contributed by atoms with Gasteiger partial charge in [0.05, 0.1) is 14.2 Å². The van der Waals surface area contributed by atoms with E-state index in [1.54, 1.807) is 14.2 Å². The smallest absolute Gasteiger partial charge is 0.203 e. The van der Waals surface area contributed by atoms with Gasteiger partial charge in [-0.2, -0.15) is 0 Å². The van der Waals surface area contributed by atoms with Crippen molar-refractivity contribution in [2.75, 3.05) is 14.2 Å². The standard InChI is InChI=1S/C23H25NO4/c1-25-20-10-8-18(9-11-20)15-27-22-13-19(14-24)12-21(26-2)23(22)28-16-17-6-4-3-5-7-17/h3-13H,14-16,24H2,1-2H3. The van der Waals surface area contributed by atoms with Gasteiger partial charge < -0.3 is 24.7 Å². The van der Waals surface area contributed by atoms with Crippen LogP contribution < -0.4 is 24.7 Å². The molecule has 0 amide bonds. The molecule has 0 aromatic heterocycles. The van der Waals surface area contributed by atoms with Gasteiger partial charge in [0, 0.05) is 6.54 Å². The first-order valence-electron chi connectivity index (χ1n) is 9.07. The van der Waals surface area contributed by atoms with Crippen molar-refractivity contribution in [3.8, 4) is 23.0 Å². The van der Waals surface area contributed by atoms with Crippen molar-refractivity contribution in [1.29, 1.82) is 0 Å². The Morgan fingerprint density at radius 3 is 1.96 bits per heavy atom. The Labute approximate surface area is 165 Å². The molecule has 3 aromatic carbocycles. The van der Waals surface area contributed by atoms with E-state index < -0.39 is 0 Å². The maximum Gasteiger partial charge on any atom is 0.203 e. The first kappa shape index (κ1) is 19.6. The van der Waals surface area contributed by atoms with E-state index in [2.05, 4.69) is 0 Å². The maximum absolute atomic E-state index is 6.07. The summed E-state index contributed by atoms with van der Waals surface area (Å²) in [6.07, 6.45) is 0.